The molecule has 2 N–H and O–H groups in total. The molecule has 112 valence electrons. The number of amides is 1. The summed E-state index contributed by atoms with van der Waals surface area (Å²) < 4.78 is 5.70. The maximum absolute atomic E-state index is 12.3. The van der Waals surface area contributed by atoms with Gasteiger partial charge in [0, 0.05) is 12.5 Å². The molecule has 0 spiro atoms. The Bertz CT molecular complexity index is 606. The van der Waals surface area contributed by atoms with Gasteiger partial charge in [0.2, 0.25) is 0 Å². The lowest BCUT2D eigenvalue weighted by Gasteiger charge is -2.31. The second-order valence-electron chi connectivity index (χ2n) is 5.31. The Morgan fingerprint density at radius 1 is 1.52 bits per heavy atom. The SMILES string of the molecule is CC(C)c1n[nH]c([C@H]2CN(C(=O)c3cnc[nH]3)CCO2)n1. The molecule has 8 nitrogen and oxygen atoms in total. The number of hydrogen-bond donors (Lipinski definition) is 2. The first kappa shape index (κ1) is 13.7. The molecule has 0 bridgehead atoms. The molecule has 0 radical (unpaired) electrons. The van der Waals surface area contributed by atoms with Crippen molar-refractivity contribution in [1.82, 2.24) is 30.0 Å². The lowest BCUT2D eigenvalue weighted by molar-refractivity contribution is -0.0268. The molecule has 1 fully saturated rings. The van der Waals surface area contributed by atoms with Gasteiger partial charge in [0.15, 0.2) is 11.6 Å². The second kappa shape index (κ2) is 5.65. The molecule has 2 aromatic heterocycles. The fourth-order valence-electron chi connectivity index (χ4n) is 2.23. The highest BCUT2D eigenvalue weighted by Gasteiger charge is 2.29. The van der Waals surface area contributed by atoms with Crippen molar-refractivity contribution < 1.29 is 9.53 Å². The van der Waals surface area contributed by atoms with Crippen molar-refractivity contribution in [2.75, 3.05) is 19.7 Å². The molecule has 1 atom stereocenters. The summed E-state index contributed by atoms with van der Waals surface area (Å²) in [6.45, 7) is 5.54. The summed E-state index contributed by atoms with van der Waals surface area (Å²) in [6, 6.07) is 0. The Balaban J connectivity index is 1.72. The number of aromatic amines is 2. The number of imidazole rings is 1. The van der Waals surface area contributed by atoms with Crippen LogP contribution >= 0.6 is 0 Å². The molecular formula is C13H18N6O2. The molecule has 8 heteroatoms. The molecule has 21 heavy (non-hydrogen) atoms. The van der Waals surface area contributed by atoms with Crippen molar-refractivity contribution in [2.45, 2.75) is 25.9 Å². The monoisotopic (exact) mass is 290 g/mol. The van der Waals surface area contributed by atoms with Crippen LogP contribution in [0.1, 0.15) is 48.0 Å². The van der Waals surface area contributed by atoms with Crippen molar-refractivity contribution >= 4 is 5.91 Å². The molecule has 3 rings (SSSR count). The van der Waals surface area contributed by atoms with Gasteiger partial charge in [0.1, 0.15) is 11.8 Å². The third kappa shape index (κ3) is 2.80. The van der Waals surface area contributed by atoms with E-state index in [1.165, 1.54) is 12.5 Å². The average Bonchev–Trinajstić information content (AvgIpc) is 3.18. The second-order valence-corrected chi connectivity index (χ2v) is 5.31. The van der Waals surface area contributed by atoms with Gasteiger partial charge in [-0.25, -0.2) is 9.97 Å². The van der Waals surface area contributed by atoms with Crippen LogP contribution in [0, 0.1) is 0 Å². The molecule has 3 heterocycles. The van der Waals surface area contributed by atoms with Crippen LogP contribution in [-0.4, -0.2) is 55.7 Å². The van der Waals surface area contributed by atoms with E-state index in [9.17, 15) is 4.79 Å². The highest BCUT2D eigenvalue weighted by atomic mass is 16.5. The topological polar surface area (TPSA) is 99.8 Å². The van der Waals surface area contributed by atoms with Crippen molar-refractivity contribution in [3.05, 3.63) is 29.9 Å². The van der Waals surface area contributed by atoms with Crippen molar-refractivity contribution in [3.63, 3.8) is 0 Å². The summed E-state index contributed by atoms with van der Waals surface area (Å²) in [5, 5.41) is 7.08. The quantitative estimate of drug-likeness (QED) is 0.873. The minimum absolute atomic E-state index is 0.0793. The zero-order valence-electron chi connectivity index (χ0n) is 12.0. The number of rotatable bonds is 3. The Labute approximate surface area is 121 Å². The molecule has 0 aliphatic carbocycles. The number of carbonyl (C=O) groups is 1. The Hall–Kier alpha value is -2.22. The van der Waals surface area contributed by atoms with Gasteiger partial charge in [-0.05, 0) is 0 Å². The summed E-state index contributed by atoms with van der Waals surface area (Å²) in [5.74, 6) is 1.59. The van der Waals surface area contributed by atoms with Crippen LogP contribution in [0.5, 0.6) is 0 Å². The van der Waals surface area contributed by atoms with Gasteiger partial charge in [-0.1, -0.05) is 13.8 Å². The van der Waals surface area contributed by atoms with Crippen LogP contribution < -0.4 is 0 Å². The van der Waals surface area contributed by atoms with Crippen molar-refractivity contribution in [2.24, 2.45) is 0 Å². The smallest absolute Gasteiger partial charge is 0.272 e. The maximum Gasteiger partial charge on any atom is 0.272 e. The van der Waals surface area contributed by atoms with E-state index in [1.54, 1.807) is 4.90 Å². The van der Waals surface area contributed by atoms with E-state index in [4.69, 9.17) is 4.74 Å². The average molecular weight is 290 g/mol. The normalized spacial score (nSPS) is 19.2. The summed E-state index contributed by atoms with van der Waals surface area (Å²) in [4.78, 5) is 25.2. The number of carbonyl (C=O) groups excluding carboxylic acids is 1. The summed E-state index contributed by atoms with van der Waals surface area (Å²) in [5.41, 5.74) is 0.482. The number of H-pyrrole nitrogens is 2. The van der Waals surface area contributed by atoms with Crippen LogP contribution in [0.15, 0.2) is 12.5 Å². The van der Waals surface area contributed by atoms with E-state index in [2.05, 4.69) is 25.1 Å². The van der Waals surface area contributed by atoms with Gasteiger partial charge in [-0.15, -0.1) is 0 Å². The van der Waals surface area contributed by atoms with E-state index in [0.717, 1.165) is 5.82 Å². The number of nitrogens with zero attached hydrogens (tertiary/aromatic N) is 4. The van der Waals surface area contributed by atoms with Crippen LogP contribution in [0.3, 0.4) is 0 Å². The molecule has 1 aliphatic rings. The van der Waals surface area contributed by atoms with E-state index in [-0.39, 0.29) is 17.9 Å². The fraction of sp³-hybridized carbons (Fsp3) is 0.538. The van der Waals surface area contributed by atoms with E-state index in [0.29, 0.717) is 31.2 Å². The van der Waals surface area contributed by atoms with Crippen LogP contribution in [0.2, 0.25) is 0 Å². The van der Waals surface area contributed by atoms with Crippen molar-refractivity contribution in [3.8, 4) is 0 Å². The molecule has 2 aromatic rings. The Morgan fingerprint density at radius 3 is 3.05 bits per heavy atom. The van der Waals surface area contributed by atoms with Gasteiger partial charge in [-0.3, -0.25) is 9.89 Å². The maximum atomic E-state index is 12.3. The minimum atomic E-state index is -0.273. The van der Waals surface area contributed by atoms with Gasteiger partial charge in [0.05, 0.1) is 25.7 Å². The Morgan fingerprint density at radius 2 is 2.38 bits per heavy atom. The van der Waals surface area contributed by atoms with E-state index < -0.39 is 0 Å². The first-order valence-corrected chi connectivity index (χ1v) is 6.96. The first-order chi connectivity index (χ1) is 10.1. The largest absolute Gasteiger partial charge is 0.367 e. The minimum Gasteiger partial charge on any atom is -0.367 e. The van der Waals surface area contributed by atoms with E-state index >= 15 is 0 Å². The number of aromatic nitrogens is 5. The van der Waals surface area contributed by atoms with E-state index in [1.807, 2.05) is 13.8 Å². The highest BCUT2D eigenvalue weighted by Crippen LogP contribution is 2.21. The first-order valence-electron chi connectivity index (χ1n) is 6.96. The van der Waals surface area contributed by atoms with Crippen LogP contribution in [0.4, 0.5) is 0 Å². The molecule has 1 saturated heterocycles. The number of ether oxygens (including phenoxy) is 1. The summed E-state index contributed by atoms with van der Waals surface area (Å²) in [6.07, 6.45) is 2.75. The number of morpholine rings is 1. The molecular weight excluding hydrogens is 272 g/mol. The lowest BCUT2D eigenvalue weighted by atomic mass is 10.2. The highest BCUT2D eigenvalue weighted by molar-refractivity contribution is 5.92. The van der Waals surface area contributed by atoms with Gasteiger partial charge < -0.3 is 14.6 Å². The van der Waals surface area contributed by atoms with Crippen LogP contribution in [0.25, 0.3) is 0 Å². The van der Waals surface area contributed by atoms with Crippen molar-refractivity contribution in [1.29, 1.82) is 0 Å². The molecule has 1 amide bonds. The molecule has 0 unspecified atom stereocenters. The number of nitrogens with one attached hydrogen (secondary N) is 2. The molecule has 0 aromatic carbocycles. The standard InChI is InChI=1S/C13H18N6O2/c1-8(2)11-16-12(18-17-11)10-6-19(3-4-21-10)13(20)9-5-14-7-15-9/h5,7-8,10H,3-4,6H2,1-2H3,(H,14,15)(H,16,17,18)/t10-/m1/s1. The molecule has 1 aliphatic heterocycles. The fourth-order valence-corrected chi connectivity index (χ4v) is 2.23. The predicted molar refractivity (Wildman–Crippen MR) is 73.7 cm³/mol. The zero-order chi connectivity index (χ0) is 14.8. The van der Waals surface area contributed by atoms with Crippen LogP contribution in [-0.2, 0) is 4.74 Å². The zero-order valence-corrected chi connectivity index (χ0v) is 12.0. The third-order valence-electron chi connectivity index (χ3n) is 3.42. The Kier molecular flexibility index (Phi) is 3.70. The third-order valence-corrected chi connectivity index (χ3v) is 3.42. The summed E-state index contributed by atoms with van der Waals surface area (Å²) >= 11 is 0. The summed E-state index contributed by atoms with van der Waals surface area (Å²) in [7, 11) is 0. The molecule has 0 saturated carbocycles. The van der Waals surface area contributed by atoms with Gasteiger partial charge in [-0.2, -0.15) is 5.10 Å². The predicted octanol–water partition coefficient (Wildman–Crippen LogP) is 0.865. The number of hydrogen-bond acceptors (Lipinski definition) is 5. The lowest BCUT2D eigenvalue weighted by Crippen LogP contribution is -2.42. The van der Waals surface area contributed by atoms with Gasteiger partial charge >= 0.3 is 0 Å². The van der Waals surface area contributed by atoms with Gasteiger partial charge in [0.25, 0.3) is 5.91 Å².